The van der Waals surface area contributed by atoms with Gasteiger partial charge in [0.15, 0.2) is 0 Å². The molecule has 0 unspecified atom stereocenters. The highest BCUT2D eigenvalue weighted by molar-refractivity contribution is 5.81. The van der Waals surface area contributed by atoms with Crippen LogP contribution in [0.25, 0.3) is 0 Å². The molecule has 1 saturated heterocycles. The van der Waals surface area contributed by atoms with E-state index in [1.54, 1.807) is 11.8 Å². The van der Waals surface area contributed by atoms with Gasteiger partial charge >= 0.3 is 5.97 Å². The van der Waals surface area contributed by atoms with Crippen molar-refractivity contribution in [2.24, 2.45) is 5.41 Å². The lowest BCUT2D eigenvalue weighted by atomic mass is 9.92. The smallest absolute Gasteiger partial charge is 0.306 e. The Morgan fingerprint density at radius 3 is 2.26 bits per heavy atom. The van der Waals surface area contributed by atoms with Crippen LogP contribution in [-0.2, 0) is 14.3 Å². The number of halogens is 2. The Bertz CT molecular complexity index is 376. The second-order valence-electron chi connectivity index (χ2n) is 5.35. The van der Waals surface area contributed by atoms with Gasteiger partial charge in [-0.15, -0.1) is 0 Å². The van der Waals surface area contributed by atoms with E-state index >= 15 is 0 Å². The van der Waals surface area contributed by atoms with Crippen molar-refractivity contribution >= 4 is 11.9 Å². The molecule has 0 aromatic carbocycles. The first-order valence-electron chi connectivity index (χ1n) is 6.71. The van der Waals surface area contributed by atoms with Gasteiger partial charge in [0.1, 0.15) is 0 Å². The average Bonchev–Trinajstić information content (AvgIpc) is 2.88. The lowest BCUT2D eigenvalue weighted by Crippen LogP contribution is -2.40. The van der Waals surface area contributed by atoms with Crippen LogP contribution in [0.3, 0.4) is 0 Å². The molecule has 1 saturated carbocycles. The van der Waals surface area contributed by atoms with E-state index in [1.165, 1.54) is 0 Å². The van der Waals surface area contributed by atoms with Crippen LogP contribution >= 0.6 is 0 Å². The van der Waals surface area contributed by atoms with E-state index in [4.69, 9.17) is 4.74 Å². The van der Waals surface area contributed by atoms with Gasteiger partial charge in [-0.3, -0.25) is 9.59 Å². The van der Waals surface area contributed by atoms with Crippen molar-refractivity contribution in [1.82, 2.24) is 4.90 Å². The minimum Gasteiger partial charge on any atom is -0.466 e. The highest BCUT2D eigenvalue weighted by Crippen LogP contribution is 2.65. The maximum absolute atomic E-state index is 13.2. The van der Waals surface area contributed by atoms with Crippen molar-refractivity contribution in [2.45, 2.75) is 45.0 Å². The number of likely N-dealkylation sites (tertiary alicyclic amines) is 1. The number of nitrogens with zero attached hydrogens (tertiary/aromatic N) is 1. The van der Waals surface area contributed by atoms with Crippen molar-refractivity contribution < 1.29 is 23.1 Å². The second kappa shape index (κ2) is 5.06. The molecule has 19 heavy (non-hydrogen) atoms. The van der Waals surface area contributed by atoms with E-state index < -0.39 is 17.3 Å². The summed E-state index contributed by atoms with van der Waals surface area (Å²) in [5.41, 5.74) is -0.842. The summed E-state index contributed by atoms with van der Waals surface area (Å²) in [6.45, 7) is 2.75. The zero-order chi connectivity index (χ0) is 14.1. The molecule has 1 heterocycles. The van der Waals surface area contributed by atoms with Crippen LogP contribution in [0.4, 0.5) is 8.78 Å². The molecule has 1 amide bonds. The van der Waals surface area contributed by atoms with Gasteiger partial charge in [-0.05, 0) is 19.8 Å². The third-order valence-corrected chi connectivity index (χ3v) is 4.13. The maximum Gasteiger partial charge on any atom is 0.306 e. The number of carbonyl (C=O) groups is 2. The Balaban J connectivity index is 1.73. The summed E-state index contributed by atoms with van der Waals surface area (Å²) in [5.74, 6) is -3.07. The SMILES string of the molecule is CCOC(=O)CCC(=O)N1CCC2(CC1)CC2(F)F. The molecule has 2 aliphatic rings. The van der Waals surface area contributed by atoms with Gasteiger partial charge < -0.3 is 9.64 Å². The third kappa shape index (κ3) is 2.87. The Kier molecular flexibility index (Phi) is 3.78. The number of hydrogen-bond donors (Lipinski definition) is 0. The first-order chi connectivity index (χ1) is 8.90. The predicted octanol–water partition coefficient (Wildman–Crippen LogP) is 1.98. The topological polar surface area (TPSA) is 46.6 Å². The number of esters is 1. The van der Waals surface area contributed by atoms with E-state index in [2.05, 4.69) is 0 Å². The summed E-state index contributed by atoms with van der Waals surface area (Å²) in [6.07, 6.45) is 0.855. The summed E-state index contributed by atoms with van der Waals surface area (Å²) < 4.78 is 31.1. The average molecular weight is 275 g/mol. The van der Waals surface area contributed by atoms with Crippen molar-refractivity contribution in [3.05, 3.63) is 0 Å². The number of rotatable bonds is 4. The predicted molar refractivity (Wildman–Crippen MR) is 63.7 cm³/mol. The van der Waals surface area contributed by atoms with Crippen LogP contribution in [0.2, 0.25) is 0 Å². The van der Waals surface area contributed by atoms with E-state index in [0.29, 0.717) is 32.5 Å². The standard InChI is InChI=1S/C13H19F2NO3/c1-2-19-11(18)4-3-10(17)16-7-5-12(6-8-16)9-13(12,14)15/h2-9H2,1H3. The minimum absolute atomic E-state index is 0.0368. The molecule has 108 valence electrons. The summed E-state index contributed by atoms with van der Waals surface area (Å²) in [5, 5.41) is 0. The van der Waals surface area contributed by atoms with Crippen LogP contribution in [0.1, 0.15) is 39.0 Å². The van der Waals surface area contributed by atoms with Crippen LogP contribution in [0.15, 0.2) is 0 Å². The molecule has 1 aliphatic carbocycles. The summed E-state index contributed by atoms with van der Waals surface area (Å²) in [4.78, 5) is 24.5. The molecule has 0 radical (unpaired) electrons. The highest BCUT2D eigenvalue weighted by atomic mass is 19.3. The van der Waals surface area contributed by atoms with Gasteiger partial charge in [0.05, 0.1) is 13.0 Å². The summed E-state index contributed by atoms with van der Waals surface area (Å²) in [7, 11) is 0. The maximum atomic E-state index is 13.2. The second-order valence-corrected chi connectivity index (χ2v) is 5.35. The van der Waals surface area contributed by atoms with Crippen molar-refractivity contribution in [3.8, 4) is 0 Å². The molecule has 4 nitrogen and oxygen atoms in total. The van der Waals surface area contributed by atoms with E-state index in [-0.39, 0.29) is 25.2 Å². The zero-order valence-corrected chi connectivity index (χ0v) is 11.1. The van der Waals surface area contributed by atoms with E-state index in [1.807, 2.05) is 0 Å². The van der Waals surface area contributed by atoms with Gasteiger partial charge in [-0.2, -0.15) is 0 Å². The highest BCUT2D eigenvalue weighted by Gasteiger charge is 2.70. The molecular weight excluding hydrogens is 256 g/mol. The number of piperidine rings is 1. The molecule has 0 aromatic rings. The van der Waals surface area contributed by atoms with Gasteiger partial charge in [0.25, 0.3) is 5.92 Å². The molecule has 0 bridgehead atoms. The van der Waals surface area contributed by atoms with Crippen LogP contribution < -0.4 is 0 Å². The molecule has 0 N–H and O–H groups in total. The van der Waals surface area contributed by atoms with E-state index in [0.717, 1.165) is 0 Å². The third-order valence-electron chi connectivity index (χ3n) is 4.13. The van der Waals surface area contributed by atoms with Gasteiger partial charge in [0, 0.05) is 31.3 Å². The van der Waals surface area contributed by atoms with Crippen molar-refractivity contribution in [2.75, 3.05) is 19.7 Å². The molecule has 0 aromatic heterocycles. The number of hydrogen-bond acceptors (Lipinski definition) is 3. The van der Waals surface area contributed by atoms with Crippen molar-refractivity contribution in [3.63, 3.8) is 0 Å². The summed E-state index contributed by atoms with van der Waals surface area (Å²) >= 11 is 0. The fourth-order valence-electron chi connectivity index (χ4n) is 2.71. The monoisotopic (exact) mass is 275 g/mol. The summed E-state index contributed by atoms with van der Waals surface area (Å²) in [6, 6.07) is 0. The first-order valence-corrected chi connectivity index (χ1v) is 6.71. The van der Waals surface area contributed by atoms with Crippen molar-refractivity contribution in [1.29, 1.82) is 0 Å². The first kappa shape index (κ1) is 14.2. The quantitative estimate of drug-likeness (QED) is 0.737. The molecular formula is C13H19F2NO3. The number of alkyl halides is 2. The number of amides is 1. The van der Waals surface area contributed by atoms with Crippen LogP contribution in [0, 0.1) is 5.41 Å². The van der Waals surface area contributed by atoms with E-state index in [9.17, 15) is 18.4 Å². The largest absolute Gasteiger partial charge is 0.466 e. The molecule has 1 aliphatic heterocycles. The van der Waals surface area contributed by atoms with Crippen LogP contribution in [0.5, 0.6) is 0 Å². The van der Waals surface area contributed by atoms with Gasteiger partial charge in [-0.25, -0.2) is 8.78 Å². The Morgan fingerprint density at radius 1 is 1.21 bits per heavy atom. The van der Waals surface area contributed by atoms with Gasteiger partial charge in [0.2, 0.25) is 5.91 Å². The molecule has 2 rings (SSSR count). The van der Waals surface area contributed by atoms with Crippen LogP contribution in [-0.4, -0.2) is 42.4 Å². The normalized spacial score (nSPS) is 23.2. The number of ether oxygens (including phenoxy) is 1. The Hall–Kier alpha value is -1.20. The minimum atomic E-state index is -2.53. The lowest BCUT2D eigenvalue weighted by Gasteiger charge is -2.32. The van der Waals surface area contributed by atoms with Gasteiger partial charge in [-0.1, -0.05) is 0 Å². The fraction of sp³-hybridized carbons (Fsp3) is 0.846. The zero-order valence-electron chi connectivity index (χ0n) is 11.1. The fourth-order valence-corrected chi connectivity index (χ4v) is 2.71. The Morgan fingerprint density at radius 2 is 1.79 bits per heavy atom. The molecule has 0 atom stereocenters. The number of carbonyl (C=O) groups excluding carboxylic acids is 2. The molecule has 1 spiro atoms. The lowest BCUT2D eigenvalue weighted by molar-refractivity contribution is -0.146. The molecule has 2 fully saturated rings. The Labute approximate surface area is 111 Å². The molecule has 6 heteroatoms.